The highest BCUT2D eigenvalue weighted by Crippen LogP contribution is 2.23. The van der Waals surface area contributed by atoms with Gasteiger partial charge in [-0.15, -0.1) is 0 Å². The molecule has 194 valence electrons. The third-order valence-corrected chi connectivity index (χ3v) is 6.48. The Morgan fingerprint density at radius 2 is 1.68 bits per heavy atom. The number of ether oxygens (including phenoxy) is 1. The van der Waals surface area contributed by atoms with E-state index in [1.54, 1.807) is 18.3 Å². The molecule has 1 saturated heterocycles. The van der Waals surface area contributed by atoms with Gasteiger partial charge in [-0.1, -0.05) is 42.5 Å². The molecule has 0 radical (unpaired) electrons. The van der Waals surface area contributed by atoms with E-state index < -0.39 is 0 Å². The highest BCUT2D eigenvalue weighted by Gasteiger charge is 2.15. The fourth-order valence-electron chi connectivity index (χ4n) is 4.41. The topological polar surface area (TPSA) is 99.6 Å². The monoisotopic (exact) mass is 509 g/mol. The van der Waals surface area contributed by atoms with Gasteiger partial charge in [-0.3, -0.25) is 4.79 Å². The van der Waals surface area contributed by atoms with Crippen LogP contribution < -0.4 is 15.5 Å². The van der Waals surface area contributed by atoms with Crippen molar-refractivity contribution in [3.8, 4) is 11.3 Å². The van der Waals surface area contributed by atoms with Gasteiger partial charge in [-0.25, -0.2) is 9.97 Å². The number of anilines is 3. The van der Waals surface area contributed by atoms with Crippen molar-refractivity contribution in [2.75, 3.05) is 43.1 Å². The number of morpholine rings is 1. The lowest BCUT2D eigenvalue weighted by molar-refractivity contribution is 0.0916. The Bertz CT molecular complexity index is 1320. The first-order chi connectivity index (χ1) is 18.7. The quantitative estimate of drug-likeness (QED) is 0.313. The van der Waals surface area contributed by atoms with Gasteiger partial charge in [0.05, 0.1) is 31.6 Å². The molecule has 8 heteroatoms. The maximum atomic E-state index is 12.8. The number of nitrogens with one attached hydrogen (secondary N) is 2. The second kappa shape index (κ2) is 12.3. The Morgan fingerprint density at radius 1 is 0.947 bits per heavy atom. The molecule has 0 aliphatic carbocycles. The van der Waals surface area contributed by atoms with Gasteiger partial charge in [0.25, 0.3) is 5.91 Å². The number of hydrogen-bond acceptors (Lipinski definition) is 7. The van der Waals surface area contributed by atoms with Gasteiger partial charge in [-0.05, 0) is 54.4 Å². The van der Waals surface area contributed by atoms with Crippen LogP contribution in [0.2, 0.25) is 0 Å². The Hall–Kier alpha value is -4.27. The van der Waals surface area contributed by atoms with E-state index in [1.165, 1.54) is 5.69 Å². The van der Waals surface area contributed by atoms with E-state index in [9.17, 15) is 9.90 Å². The molecule has 1 fully saturated rings. The van der Waals surface area contributed by atoms with Crippen LogP contribution in [0, 0.1) is 0 Å². The van der Waals surface area contributed by atoms with E-state index in [0.717, 1.165) is 48.8 Å². The molecule has 0 saturated carbocycles. The molecule has 1 aromatic heterocycles. The minimum Gasteiger partial charge on any atom is -0.394 e. The summed E-state index contributed by atoms with van der Waals surface area (Å²) in [4.78, 5) is 24.1. The number of benzene rings is 3. The predicted octanol–water partition coefficient (Wildman–Crippen LogP) is 4.06. The lowest BCUT2D eigenvalue weighted by Crippen LogP contribution is -2.39. The normalized spacial score (nSPS) is 14.1. The van der Waals surface area contributed by atoms with E-state index in [1.807, 2.05) is 60.7 Å². The summed E-state index contributed by atoms with van der Waals surface area (Å²) in [7, 11) is 0. The van der Waals surface area contributed by atoms with Gasteiger partial charge in [-0.2, -0.15) is 0 Å². The molecule has 0 spiro atoms. The van der Waals surface area contributed by atoms with Gasteiger partial charge in [0.1, 0.15) is 0 Å². The summed E-state index contributed by atoms with van der Waals surface area (Å²) in [6.07, 6.45) is 2.27. The molecule has 5 rings (SSSR count). The average Bonchev–Trinajstić information content (AvgIpc) is 2.98. The third-order valence-electron chi connectivity index (χ3n) is 6.48. The Labute approximate surface area is 222 Å². The molecule has 2 heterocycles. The van der Waals surface area contributed by atoms with E-state index in [4.69, 9.17) is 4.74 Å². The molecule has 4 aromatic rings. The van der Waals surface area contributed by atoms with Gasteiger partial charge in [0.2, 0.25) is 5.95 Å². The Balaban J connectivity index is 1.21. The van der Waals surface area contributed by atoms with E-state index >= 15 is 0 Å². The second-order valence-corrected chi connectivity index (χ2v) is 9.16. The van der Waals surface area contributed by atoms with Crippen molar-refractivity contribution in [1.29, 1.82) is 0 Å². The molecule has 8 nitrogen and oxygen atoms in total. The first-order valence-electron chi connectivity index (χ1n) is 12.8. The van der Waals surface area contributed by atoms with Crippen molar-refractivity contribution in [3.63, 3.8) is 0 Å². The number of amides is 1. The van der Waals surface area contributed by atoms with Gasteiger partial charge < -0.3 is 25.4 Å². The van der Waals surface area contributed by atoms with Crippen molar-refractivity contribution in [1.82, 2.24) is 15.3 Å². The third kappa shape index (κ3) is 6.53. The van der Waals surface area contributed by atoms with E-state index in [2.05, 4.69) is 37.6 Å². The second-order valence-electron chi connectivity index (χ2n) is 9.16. The zero-order valence-corrected chi connectivity index (χ0v) is 21.1. The standard InChI is InChI=1S/C30H31N5O3/c36-21-26(20-22-4-2-1-3-5-22)32-29(37)24-8-6-23(7-9-24)28-14-15-31-30(34-28)33-25-10-12-27(13-11-25)35-16-18-38-19-17-35/h1-15,26,36H,16-21H2,(H,32,37)(H,31,33,34). The van der Waals surface area contributed by atoms with Crippen LogP contribution in [0.3, 0.4) is 0 Å². The zero-order chi connectivity index (χ0) is 26.2. The predicted molar refractivity (Wildman–Crippen MR) is 149 cm³/mol. The van der Waals surface area contributed by atoms with Crippen molar-refractivity contribution in [2.24, 2.45) is 0 Å². The number of carbonyl (C=O) groups is 1. The van der Waals surface area contributed by atoms with Crippen molar-refractivity contribution in [3.05, 3.63) is 102 Å². The van der Waals surface area contributed by atoms with Crippen LogP contribution in [-0.4, -0.2) is 59.9 Å². The molecule has 0 bridgehead atoms. The summed E-state index contributed by atoms with van der Waals surface area (Å²) in [5.74, 6) is 0.271. The molecule has 3 aromatic carbocycles. The average molecular weight is 510 g/mol. The molecular weight excluding hydrogens is 478 g/mol. The summed E-state index contributed by atoms with van der Waals surface area (Å²) in [6.45, 7) is 3.17. The number of aliphatic hydroxyl groups excluding tert-OH is 1. The SMILES string of the molecule is O=C(NC(CO)Cc1ccccc1)c1ccc(-c2ccnc(Nc3ccc(N4CCOCC4)cc3)n2)cc1. The van der Waals surface area contributed by atoms with Gasteiger partial charge >= 0.3 is 0 Å². The number of nitrogens with zero attached hydrogens (tertiary/aromatic N) is 3. The molecule has 3 N–H and O–H groups in total. The molecule has 1 atom stereocenters. The maximum Gasteiger partial charge on any atom is 0.251 e. The lowest BCUT2D eigenvalue weighted by Gasteiger charge is -2.28. The molecule has 1 aliphatic rings. The Kier molecular flexibility index (Phi) is 8.23. The van der Waals surface area contributed by atoms with E-state index in [-0.39, 0.29) is 18.6 Å². The maximum absolute atomic E-state index is 12.8. The fourth-order valence-corrected chi connectivity index (χ4v) is 4.41. The van der Waals surface area contributed by atoms with Crippen LogP contribution in [0.4, 0.5) is 17.3 Å². The lowest BCUT2D eigenvalue weighted by atomic mass is 10.1. The van der Waals surface area contributed by atoms with Crippen molar-refractivity contribution < 1.29 is 14.6 Å². The number of carbonyl (C=O) groups excluding carboxylic acids is 1. The molecule has 1 unspecified atom stereocenters. The fraction of sp³-hybridized carbons (Fsp3) is 0.233. The van der Waals surface area contributed by atoms with Crippen LogP contribution >= 0.6 is 0 Å². The van der Waals surface area contributed by atoms with Crippen molar-refractivity contribution in [2.45, 2.75) is 12.5 Å². The zero-order valence-electron chi connectivity index (χ0n) is 21.1. The summed E-state index contributed by atoms with van der Waals surface area (Å²) >= 11 is 0. The highest BCUT2D eigenvalue weighted by molar-refractivity contribution is 5.94. The molecule has 1 aliphatic heterocycles. The highest BCUT2D eigenvalue weighted by atomic mass is 16.5. The summed E-state index contributed by atoms with van der Waals surface area (Å²) in [5, 5.41) is 15.9. The largest absolute Gasteiger partial charge is 0.394 e. The number of hydrogen-bond donors (Lipinski definition) is 3. The number of rotatable bonds is 9. The Morgan fingerprint density at radius 3 is 2.39 bits per heavy atom. The number of aliphatic hydroxyl groups is 1. The molecule has 38 heavy (non-hydrogen) atoms. The molecular formula is C30H31N5O3. The van der Waals surface area contributed by atoms with Crippen LogP contribution in [0.15, 0.2) is 91.1 Å². The van der Waals surface area contributed by atoms with Crippen LogP contribution in [0.25, 0.3) is 11.3 Å². The number of aromatic nitrogens is 2. The minimum absolute atomic E-state index is 0.134. The summed E-state index contributed by atoms with van der Waals surface area (Å²) in [6, 6.07) is 26.7. The molecule has 1 amide bonds. The summed E-state index contributed by atoms with van der Waals surface area (Å²) < 4.78 is 5.43. The summed E-state index contributed by atoms with van der Waals surface area (Å²) in [5.41, 5.74) is 5.27. The van der Waals surface area contributed by atoms with Crippen LogP contribution in [0.5, 0.6) is 0 Å². The van der Waals surface area contributed by atoms with Gasteiger partial charge in [0, 0.05) is 41.8 Å². The van der Waals surface area contributed by atoms with Crippen molar-refractivity contribution >= 4 is 23.2 Å². The minimum atomic E-state index is -0.358. The van der Waals surface area contributed by atoms with Crippen LogP contribution in [-0.2, 0) is 11.2 Å². The van der Waals surface area contributed by atoms with E-state index in [0.29, 0.717) is 17.9 Å². The first-order valence-corrected chi connectivity index (χ1v) is 12.8. The smallest absolute Gasteiger partial charge is 0.251 e. The van der Waals surface area contributed by atoms with Gasteiger partial charge in [0.15, 0.2) is 0 Å². The first kappa shape index (κ1) is 25.4. The van der Waals surface area contributed by atoms with Crippen LogP contribution in [0.1, 0.15) is 15.9 Å².